The Labute approximate surface area is 125 Å². The molecule has 0 aliphatic carbocycles. The SMILES string of the molecule is O=C(c1ccccc1I)N(CCBr)CC(F)(F)F. The van der Waals surface area contributed by atoms with E-state index < -0.39 is 18.6 Å². The lowest BCUT2D eigenvalue weighted by atomic mass is 10.2. The Morgan fingerprint density at radius 3 is 2.44 bits per heavy atom. The van der Waals surface area contributed by atoms with Crippen molar-refractivity contribution in [1.29, 1.82) is 0 Å². The summed E-state index contributed by atoms with van der Waals surface area (Å²) in [5, 5.41) is 0.304. The molecule has 0 bridgehead atoms. The van der Waals surface area contributed by atoms with Gasteiger partial charge < -0.3 is 4.90 Å². The summed E-state index contributed by atoms with van der Waals surface area (Å²) in [5.74, 6) is -0.600. The molecule has 1 aromatic carbocycles. The normalized spacial score (nSPS) is 11.4. The van der Waals surface area contributed by atoms with E-state index in [1.54, 1.807) is 18.2 Å². The minimum Gasteiger partial charge on any atom is -0.329 e. The van der Waals surface area contributed by atoms with Gasteiger partial charge >= 0.3 is 6.18 Å². The summed E-state index contributed by atoms with van der Waals surface area (Å²) < 4.78 is 37.8. The van der Waals surface area contributed by atoms with Crippen molar-refractivity contribution in [3.63, 3.8) is 0 Å². The Hall–Kier alpha value is -0.310. The third kappa shape index (κ3) is 4.75. The fourth-order valence-electron chi connectivity index (χ4n) is 1.38. The Morgan fingerprint density at radius 1 is 1.33 bits per heavy atom. The first-order valence-corrected chi connectivity index (χ1v) is 7.21. The monoisotopic (exact) mass is 435 g/mol. The number of alkyl halides is 4. The highest BCUT2D eigenvalue weighted by atomic mass is 127. The fourth-order valence-corrected chi connectivity index (χ4v) is 2.42. The zero-order chi connectivity index (χ0) is 13.8. The molecule has 0 atom stereocenters. The van der Waals surface area contributed by atoms with Crippen LogP contribution in [0, 0.1) is 3.57 Å². The molecule has 0 spiro atoms. The van der Waals surface area contributed by atoms with Gasteiger partial charge in [-0.1, -0.05) is 28.1 Å². The zero-order valence-corrected chi connectivity index (χ0v) is 12.9. The molecule has 100 valence electrons. The minimum absolute atomic E-state index is 0.0172. The summed E-state index contributed by atoms with van der Waals surface area (Å²) >= 11 is 4.99. The van der Waals surface area contributed by atoms with Crippen molar-refractivity contribution in [3.05, 3.63) is 33.4 Å². The average Bonchev–Trinajstić information content (AvgIpc) is 2.26. The van der Waals surface area contributed by atoms with Crippen LogP contribution >= 0.6 is 38.5 Å². The lowest BCUT2D eigenvalue weighted by Gasteiger charge is -2.23. The third-order valence-corrected chi connectivity index (χ3v) is 3.41. The number of halogens is 5. The predicted molar refractivity (Wildman–Crippen MR) is 74.9 cm³/mol. The zero-order valence-electron chi connectivity index (χ0n) is 9.18. The quantitative estimate of drug-likeness (QED) is 0.521. The second kappa shape index (κ2) is 6.74. The van der Waals surface area contributed by atoms with E-state index >= 15 is 0 Å². The van der Waals surface area contributed by atoms with Crippen LogP contribution in [0.3, 0.4) is 0 Å². The summed E-state index contributed by atoms with van der Waals surface area (Å²) in [6, 6.07) is 6.59. The number of benzene rings is 1. The number of hydrogen-bond acceptors (Lipinski definition) is 1. The maximum atomic E-state index is 12.4. The van der Waals surface area contributed by atoms with Crippen LogP contribution in [0.1, 0.15) is 10.4 Å². The van der Waals surface area contributed by atoms with Gasteiger partial charge in [0.25, 0.3) is 5.91 Å². The van der Waals surface area contributed by atoms with E-state index in [-0.39, 0.29) is 6.54 Å². The molecule has 0 fully saturated rings. The molecule has 1 amide bonds. The van der Waals surface area contributed by atoms with Crippen molar-refractivity contribution < 1.29 is 18.0 Å². The average molecular weight is 436 g/mol. The smallest absolute Gasteiger partial charge is 0.329 e. The molecule has 0 saturated heterocycles. The highest BCUT2D eigenvalue weighted by Gasteiger charge is 2.33. The van der Waals surface area contributed by atoms with Gasteiger partial charge in [0.1, 0.15) is 6.54 Å². The van der Waals surface area contributed by atoms with Gasteiger partial charge in [0, 0.05) is 15.4 Å². The lowest BCUT2D eigenvalue weighted by Crippen LogP contribution is -2.40. The van der Waals surface area contributed by atoms with Crippen LogP contribution in [-0.4, -0.2) is 35.4 Å². The molecule has 0 heterocycles. The van der Waals surface area contributed by atoms with Crippen LogP contribution in [0.4, 0.5) is 13.2 Å². The van der Waals surface area contributed by atoms with Gasteiger partial charge in [-0.05, 0) is 34.7 Å². The molecule has 0 aromatic heterocycles. The van der Waals surface area contributed by atoms with Crippen LogP contribution < -0.4 is 0 Å². The summed E-state index contributed by atoms with van der Waals surface area (Å²) in [7, 11) is 0. The standard InChI is InChI=1S/C11H10BrF3INO/c12-5-6-17(7-11(13,14)15)10(18)8-3-1-2-4-9(8)16/h1-4H,5-7H2. The molecule has 1 aromatic rings. The molecule has 0 saturated carbocycles. The van der Waals surface area contributed by atoms with Gasteiger partial charge in [-0.15, -0.1) is 0 Å². The van der Waals surface area contributed by atoms with Gasteiger partial charge in [0.05, 0.1) is 5.56 Å². The number of rotatable bonds is 4. The van der Waals surface area contributed by atoms with Gasteiger partial charge in [0.15, 0.2) is 0 Å². The van der Waals surface area contributed by atoms with Crippen LogP contribution in [0.25, 0.3) is 0 Å². The highest BCUT2D eigenvalue weighted by Crippen LogP contribution is 2.20. The van der Waals surface area contributed by atoms with Crippen molar-refractivity contribution >= 4 is 44.4 Å². The molecular formula is C11H10BrF3INO. The predicted octanol–water partition coefficient (Wildman–Crippen LogP) is 3.69. The summed E-state index contributed by atoms with van der Waals surface area (Å²) in [5.41, 5.74) is 0.295. The van der Waals surface area contributed by atoms with E-state index in [2.05, 4.69) is 15.9 Å². The van der Waals surface area contributed by atoms with Gasteiger partial charge in [-0.25, -0.2) is 0 Å². The molecule has 2 nitrogen and oxygen atoms in total. The second-order valence-corrected chi connectivity index (χ2v) is 5.47. The first-order valence-electron chi connectivity index (χ1n) is 5.01. The van der Waals surface area contributed by atoms with Gasteiger partial charge in [-0.2, -0.15) is 13.2 Å². The van der Waals surface area contributed by atoms with E-state index in [4.69, 9.17) is 0 Å². The molecular weight excluding hydrogens is 426 g/mol. The number of nitrogens with zero attached hydrogens (tertiary/aromatic N) is 1. The molecule has 0 aliphatic rings. The lowest BCUT2D eigenvalue weighted by molar-refractivity contribution is -0.140. The Morgan fingerprint density at radius 2 is 1.94 bits per heavy atom. The van der Waals surface area contributed by atoms with Gasteiger partial charge in [-0.3, -0.25) is 4.79 Å². The van der Waals surface area contributed by atoms with Crippen molar-refractivity contribution in [2.24, 2.45) is 0 Å². The topological polar surface area (TPSA) is 20.3 Å². The highest BCUT2D eigenvalue weighted by molar-refractivity contribution is 14.1. The number of hydrogen-bond donors (Lipinski definition) is 0. The van der Waals surface area contributed by atoms with E-state index in [9.17, 15) is 18.0 Å². The molecule has 0 aliphatic heterocycles. The Bertz CT molecular complexity index is 425. The van der Waals surface area contributed by atoms with Crippen LogP contribution in [0.15, 0.2) is 24.3 Å². The van der Waals surface area contributed by atoms with E-state index in [1.807, 2.05) is 22.6 Å². The summed E-state index contributed by atoms with van der Waals surface area (Å²) in [6.45, 7) is -1.22. The molecule has 0 N–H and O–H groups in total. The van der Waals surface area contributed by atoms with Crippen LogP contribution in [-0.2, 0) is 0 Å². The number of carbonyl (C=O) groups is 1. The van der Waals surface area contributed by atoms with Gasteiger partial charge in [0.2, 0.25) is 0 Å². The van der Waals surface area contributed by atoms with Crippen molar-refractivity contribution in [3.8, 4) is 0 Å². The molecule has 0 radical (unpaired) electrons. The van der Waals surface area contributed by atoms with E-state index in [0.717, 1.165) is 4.90 Å². The first-order chi connectivity index (χ1) is 8.35. The van der Waals surface area contributed by atoms with Crippen molar-refractivity contribution in [1.82, 2.24) is 4.90 Å². The first kappa shape index (κ1) is 15.7. The largest absolute Gasteiger partial charge is 0.406 e. The molecule has 0 unspecified atom stereocenters. The second-order valence-electron chi connectivity index (χ2n) is 3.51. The minimum atomic E-state index is -4.39. The third-order valence-electron chi connectivity index (χ3n) is 2.12. The number of amides is 1. The molecule has 7 heteroatoms. The number of carbonyl (C=O) groups excluding carboxylic acids is 1. The van der Waals surface area contributed by atoms with Crippen LogP contribution in [0.5, 0.6) is 0 Å². The summed E-state index contributed by atoms with van der Waals surface area (Å²) in [4.78, 5) is 12.8. The van der Waals surface area contributed by atoms with Crippen molar-refractivity contribution in [2.75, 3.05) is 18.4 Å². The molecule has 1 rings (SSSR count). The fraction of sp³-hybridized carbons (Fsp3) is 0.364. The summed E-state index contributed by atoms with van der Waals surface area (Å²) in [6.07, 6.45) is -4.39. The molecule has 18 heavy (non-hydrogen) atoms. The van der Waals surface area contributed by atoms with E-state index in [0.29, 0.717) is 14.5 Å². The maximum Gasteiger partial charge on any atom is 0.406 e. The van der Waals surface area contributed by atoms with Crippen molar-refractivity contribution in [2.45, 2.75) is 6.18 Å². The van der Waals surface area contributed by atoms with E-state index in [1.165, 1.54) is 6.07 Å². The van der Waals surface area contributed by atoms with Crippen LogP contribution in [0.2, 0.25) is 0 Å². The Kier molecular flexibility index (Phi) is 5.90. The Balaban J connectivity index is 2.93. The maximum absolute atomic E-state index is 12.4.